The van der Waals surface area contributed by atoms with Gasteiger partial charge in [-0.15, -0.1) is 12.4 Å². The van der Waals surface area contributed by atoms with E-state index in [4.69, 9.17) is 16.9 Å². The Hall–Kier alpha value is -11.9. The summed E-state index contributed by atoms with van der Waals surface area (Å²) < 4.78 is 21.8. The number of unbranched alkanes of at least 4 members (excludes halogenated alkanes) is 13. The fraction of sp³-hybridized carbons (Fsp3) is 0.531. The van der Waals surface area contributed by atoms with Crippen molar-refractivity contribution in [1.29, 1.82) is 5.41 Å². The number of rotatable bonds is 30. The normalized spacial score (nSPS) is 13.8. The van der Waals surface area contributed by atoms with Crippen LogP contribution in [0.25, 0.3) is 55.8 Å². The van der Waals surface area contributed by atoms with Crippen molar-refractivity contribution in [3.63, 3.8) is 0 Å². The lowest BCUT2D eigenvalue weighted by molar-refractivity contribution is 0.250. The van der Waals surface area contributed by atoms with E-state index < -0.39 is 11.4 Å². The zero-order chi connectivity index (χ0) is 84.8. The molecule has 11 aromatic heterocycles. The van der Waals surface area contributed by atoms with E-state index in [0.29, 0.717) is 88.0 Å². The molecule has 1 aliphatic heterocycles. The van der Waals surface area contributed by atoms with Crippen molar-refractivity contribution < 1.29 is 0 Å². The number of benzene rings is 1. The first kappa shape index (κ1) is 89.5. The molecule has 1 saturated heterocycles. The number of nitrogens with one attached hydrogen (secondary N) is 1. The average molecular weight is 1660 g/mol. The van der Waals surface area contributed by atoms with Crippen LogP contribution in [0.1, 0.15) is 163 Å². The summed E-state index contributed by atoms with van der Waals surface area (Å²) in [6.45, 7) is 6.39. The fourth-order valence-corrected chi connectivity index (χ4v) is 16.2. The minimum Gasteiger partial charge on any atom is -0.370 e. The standard InChI is InChI=1S/C23H30N4O2.C22H30N6O2.C20H26N8O4.C16H27N9O2.ClH/c1-25-21-20(22(28)26(2)23(25)29)27(16-24-21)15-9-5-3-4-6-10-17-13-14-18-11-7-8-12-19(17)18;1-25-20-19(21(29)26(2)22(25)30)28(16-24-20)13-6-4-3-5-12-27-14-8-10-18(27)17-9-7-11-23-15-17;1-23-15-13(17(29)25(3)19(23)31)27(11-21-15)9-7-5-6-8-10-28-12-22-16-14(28)18(30)26(4)20(32)24(16)2;1-22(15(19)21-14(17)18)8-6-4-5-7-9-25-10-20-12-11(25)13(26)24(3)16(27)23(12)2;/h7-8,11-12,16-17H,3-6,9-10,13-15H2,1-2H3;7,9,11,15-16,18H,3-6,8,10,12-14H2,1-2H3;11-12H,5-10H2,1-4H3;10H,4-9H2,1-3H3,(H5,17,18,19,21);1H. The molecule has 2 atom stereocenters. The Balaban J connectivity index is 0.000000167. The molecule has 0 spiro atoms. The van der Waals surface area contributed by atoms with Crippen LogP contribution in [0.15, 0.2) is 133 Å². The summed E-state index contributed by atoms with van der Waals surface area (Å²) in [7, 11) is 17.3. The van der Waals surface area contributed by atoms with Crippen molar-refractivity contribution in [3.05, 3.63) is 201 Å². The van der Waals surface area contributed by atoms with E-state index in [2.05, 4.69) is 70.1 Å². The first-order valence-corrected chi connectivity index (χ1v) is 40.8. The number of pyridine rings is 1. The van der Waals surface area contributed by atoms with Crippen molar-refractivity contribution in [2.45, 2.75) is 186 Å². The first-order chi connectivity index (χ1) is 56.6. The Kier molecular flexibility index (Phi) is 30.5. The number of likely N-dealkylation sites (tertiary alicyclic amines) is 1. The lowest BCUT2D eigenvalue weighted by Crippen LogP contribution is -2.37. The van der Waals surface area contributed by atoms with Gasteiger partial charge in [-0.1, -0.05) is 94.5 Å². The maximum atomic E-state index is 12.5. The maximum Gasteiger partial charge on any atom is 0.332 e. The maximum absolute atomic E-state index is 12.5. The minimum atomic E-state index is -0.394. The molecule has 1 fully saturated rings. The fourth-order valence-electron chi connectivity index (χ4n) is 16.2. The summed E-state index contributed by atoms with van der Waals surface area (Å²) in [5.41, 5.74) is 16.0. The number of hydrogen-bond donors (Lipinski definition) is 3. The molecule has 12 heterocycles. The zero-order valence-corrected chi connectivity index (χ0v) is 71.1. The number of hydrogen-bond acceptors (Lipinski definition) is 18. The predicted molar refractivity (Wildman–Crippen MR) is 463 cm³/mol. The van der Waals surface area contributed by atoms with Crippen LogP contribution in [0.4, 0.5) is 0 Å². The van der Waals surface area contributed by atoms with Gasteiger partial charge in [-0.2, -0.15) is 4.99 Å². The van der Waals surface area contributed by atoms with Crippen LogP contribution >= 0.6 is 12.4 Å². The summed E-state index contributed by atoms with van der Waals surface area (Å²) in [4.78, 5) is 156. The van der Waals surface area contributed by atoms with Gasteiger partial charge in [0, 0.05) is 135 Å². The van der Waals surface area contributed by atoms with Gasteiger partial charge in [-0.05, 0) is 119 Å². The largest absolute Gasteiger partial charge is 0.370 e. The van der Waals surface area contributed by atoms with Gasteiger partial charge in [0.2, 0.25) is 5.96 Å². The van der Waals surface area contributed by atoms with E-state index in [1.54, 1.807) is 104 Å². The van der Waals surface area contributed by atoms with Crippen LogP contribution in [0.2, 0.25) is 0 Å². The van der Waals surface area contributed by atoms with Crippen LogP contribution in [0.5, 0.6) is 0 Å². The van der Waals surface area contributed by atoms with Crippen LogP contribution < -0.4 is 67.7 Å². The van der Waals surface area contributed by atoms with Gasteiger partial charge in [0.25, 0.3) is 27.8 Å². The van der Waals surface area contributed by atoms with Crippen molar-refractivity contribution in [2.75, 3.05) is 26.7 Å². The molecule has 0 amide bonds. The molecule has 2 aliphatic rings. The predicted octanol–water partition coefficient (Wildman–Crippen LogP) is 4.73. The molecule has 38 heteroatoms. The van der Waals surface area contributed by atoms with Crippen molar-refractivity contribution in [3.8, 4) is 0 Å². The molecule has 0 radical (unpaired) electrons. The van der Waals surface area contributed by atoms with E-state index in [1.165, 1.54) is 134 Å². The highest BCUT2D eigenvalue weighted by Crippen LogP contribution is 2.37. The number of imidazole rings is 5. The first-order valence-electron chi connectivity index (χ1n) is 40.8. The quantitative estimate of drug-likeness (QED) is 0.0311. The number of nitrogens with two attached hydrogens (primary N) is 2. The second-order valence-electron chi connectivity index (χ2n) is 31.1. The third-order valence-electron chi connectivity index (χ3n) is 23.1. The van der Waals surface area contributed by atoms with Crippen LogP contribution in [-0.2, 0) is 110 Å². The summed E-state index contributed by atoms with van der Waals surface area (Å²) in [6, 6.07) is 13.6. The van der Waals surface area contributed by atoms with Crippen molar-refractivity contribution in [2.24, 2.45) is 86.9 Å². The van der Waals surface area contributed by atoms with E-state index in [-0.39, 0.29) is 69.2 Å². The molecule has 14 rings (SSSR count). The van der Waals surface area contributed by atoms with Gasteiger partial charge in [0.1, 0.15) is 0 Å². The molecule has 0 saturated carbocycles. The SMILES string of the molecule is CN(CCCCCCn1cnc2c1c(=O)n(C)c(=O)n2C)C(=N)N=C(N)N.Cl.Cn1c(=O)c2c(ncn2CCCCCCCC2CCc3ccccc32)n(C)c1=O.Cn1c(=O)c2c(ncn2CCCCCCN2CCCC2c2cccnc2)n(C)c1=O.Cn1c(=O)c2c(ncn2CCCCCCn2cnc3c2c(=O)n(C)c(=O)n3C)n(C)c1=O. The van der Waals surface area contributed by atoms with Gasteiger partial charge in [-0.25, -0.2) is 48.9 Å². The summed E-state index contributed by atoms with van der Waals surface area (Å²) in [6.07, 6.45) is 36.0. The van der Waals surface area contributed by atoms with Gasteiger partial charge < -0.3 is 39.2 Å². The monoisotopic (exact) mass is 1660 g/mol. The minimum absolute atomic E-state index is 0. The number of aryl methyl sites for hydroxylation is 11. The van der Waals surface area contributed by atoms with Gasteiger partial charge >= 0.3 is 28.4 Å². The van der Waals surface area contributed by atoms with Crippen molar-refractivity contribution in [1.82, 2.24) is 108 Å². The number of aromatic nitrogens is 21. The summed E-state index contributed by atoms with van der Waals surface area (Å²) in [5.74, 6) is 0.677. The highest BCUT2D eigenvalue weighted by molar-refractivity contribution is 5.91. The zero-order valence-electron chi connectivity index (χ0n) is 70.3. The molecule has 640 valence electrons. The Labute approximate surface area is 691 Å². The Morgan fingerprint density at radius 3 is 1.12 bits per heavy atom. The molecular formula is C81H114ClN27O10. The number of fused-ring (bicyclic) bond motifs is 6. The molecule has 2 unspecified atom stereocenters. The molecule has 1 aromatic carbocycles. The molecule has 37 nitrogen and oxygen atoms in total. The molecular weight excluding hydrogens is 1550 g/mol. The molecule has 119 heavy (non-hydrogen) atoms. The third kappa shape index (κ3) is 19.9. The van der Waals surface area contributed by atoms with Crippen LogP contribution in [-0.4, -0.2) is 147 Å². The average Bonchev–Trinajstić information content (AvgIpc) is 1.59. The van der Waals surface area contributed by atoms with E-state index in [1.807, 2.05) is 27.6 Å². The highest BCUT2D eigenvalue weighted by Gasteiger charge is 2.27. The van der Waals surface area contributed by atoms with Crippen LogP contribution in [0, 0.1) is 5.41 Å². The van der Waals surface area contributed by atoms with Crippen LogP contribution in [0.3, 0.4) is 0 Å². The second kappa shape index (κ2) is 40.5. The van der Waals surface area contributed by atoms with E-state index >= 15 is 0 Å². The second-order valence-corrected chi connectivity index (χ2v) is 31.1. The number of halogens is 1. The molecule has 5 N–H and O–H groups in total. The topological polar surface area (TPSA) is 417 Å². The van der Waals surface area contributed by atoms with Gasteiger partial charge in [-0.3, -0.25) is 84.9 Å². The lowest BCUT2D eigenvalue weighted by atomic mass is 9.95. The molecule has 1 aliphatic carbocycles. The molecule has 0 bridgehead atoms. The third-order valence-corrected chi connectivity index (χ3v) is 23.1. The summed E-state index contributed by atoms with van der Waals surface area (Å²) in [5, 5.41) is 7.69. The van der Waals surface area contributed by atoms with Gasteiger partial charge in [0.05, 0.1) is 31.6 Å². The summed E-state index contributed by atoms with van der Waals surface area (Å²) >= 11 is 0. The van der Waals surface area contributed by atoms with E-state index in [9.17, 15) is 47.9 Å². The number of aliphatic imine (C=N–C) groups is 1. The van der Waals surface area contributed by atoms with E-state index in [0.717, 1.165) is 125 Å². The van der Waals surface area contributed by atoms with Crippen molar-refractivity contribution >= 4 is 80.1 Å². The highest BCUT2D eigenvalue weighted by atomic mass is 35.5. The Morgan fingerprint density at radius 1 is 0.429 bits per heavy atom. The Bertz CT molecular complexity index is 6150. The Morgan fingerprint density at radius 2 is 0.765 bits per heavy atom. The number of guanidine groups is 2. The van der Waals surface area contributed by atoms with Gasteiger partial charge in [0.15, 0.2) is 61.8 Å². The smallest absolute Gasteiger partial charge is 0.332 e. The molecule has 12 aromatic rings. The number of nitrogens with zero attached hydrogens (tertiary/aromatic N) is 24. The lowest BCUT2D eigenvalue weighted by Gasteiger charge is -2.24.